The topological polar surface area (TPSA) is 70.8 Å². The highest BCUT2D eigenvalue weighted by Gasteiger charge is 2.12. The first-order valence-corrected chi connectivity index (χ1v) is 6.08. The van der Waals surface area contributed by atoms with Gasteiger partial charge in [-0.15, -0.1) is 0 Å². The Bertz CT molecular complexity index is 667. The molecular formula is C14H13FN4O. The van der Waals surface area contributed by atoms with Gasteiger partial charge in [0.05, 0.1) is 11.1 Å². The van der Waals surface area contributed by atoms with Crippen LogP contribution in [-0.2, 0) is 6.42 Å². The van der Waals surface area contributed by atoms with Gasteiger partial charge < -0.3 is 10.1 Å². The Hall–Kier alpha value is -2.68. The summed E-state index contributed by atoms with van der Waals surface area (Å²) in [6.45, 7) is 1.95. The maximum Gasteiger partial charge on any atom is 0.227 e. The van der Waals surface area contributed by atoms with E-state index in [0.717, 1.165) is 5.56 Å². The number of nitriles is 1. The molecule has 5 nitrogen and oxygen atoms in total. The minimum atomic E-state index is -0.619. The summed E-state index contributed by atoms with van der Waals surface area (Å²) in [5.41, 5.74) is 0.784. The van der Waals surface area contributed by atoms with Crippen LogP contribution in [0.5, 0.6) is 11.6 Å². The van der Waals surface area contributed by atoms with Crippen LogP contribution in [0.15, 0.2) is 24.5 Å². The number of nitrogens with one attached hydrogen (secondary N) is 1. The number of anilines is 1. The Balaban J connectivity index is 2.35. The van der Waals surface area contributed by atoms with Gasteiger partial charge in [-0.3, -0.25) is 0 Å². The Morgan fingerprint density at radius 3 is 2.80 bits per heavy atom. The summed E-state index contributed by atoms with van der Waals surface area (Å²) in [5.74, 6) is 0.713. The molecule has 0 bridgehead atoms. The Morgan fingerprint density at radius 2 is 2.20 bits per heavy atom. The third-order valence-corrected chi connectivity index (χ3v) is 2.77. The first-order valence-electron chi connectivity index (χ1n) is 6.08. The fourth-order valence-electron chi connectivity index (χ4n) is 1.78. The molecule has 0 radical (unpaired) electrons. The molecule has 6 heteroatoms. The van der Waals surface area contributed by atoms with Gasteiger partial charge in [0.15, 0.2) is 0 Å². The number of hydrogen-bond acceptors (Lipinski definition) is 5. The standard InChI is InChI=1S/C14H13FN4O/c1-3-11-13(17-2)18-8-19-14(11)20-10-5-4-9(7-16)12(15)6-10/h4-6,8H,3H2,1-2H3,(H,17,18,19). The summed E-state index contributed by atoms with van der Waals surface area (Å²) < 4.78 is 19.1. The van der Waals surface area contributed by atoms with Crippen LogP contribution >= 0.6 is 0 Å². The van der Waals surface area contributed by atoms with E-state index < -0.39 is 5.82 Å². The molecule has 1 aromatic heterocycles. The molecule has 102 valence electrons. The smallest absolute Gasteiger partial charge is 0.227 e. The summed E-state index contributed by atoms with van der Waals surface area (Å²) in [6, 6.07) is 5.83. The molecular weight excluding hydrogens is 259 g/mol. The van der Waals surface area contributed by atoms with Crippen molar-refractivity contribution in [2.24, 2.45) is 0 Å². The second kappa shape index (κ2) is 5.97. The number of aromatic nitrogens is 2. The lowest BCUT2D eigenvalue weighted by Crippen LogP contribution is -2.02. The molecule has 0 unspecified atom stereocenters. The Kier molecular flexibility index (Phi) is 4.11. The van der Waals surface area contributed by atoms with E-state index in [1.54, 1.807) is 13.1 Å². The Labute approximate surface area is 116 Å². The summed E-state index contributed by atoms with van der Waals surface area (Å²) in [7, 11) is 1.76. The van der Waals surface area contributed by atoms with Crippen molar-refractivity contribution in [2.75, 3.05) is 12.4 Å². The van der Waals surface area contributed by atoms with Crippen molar-refractivity contribution >= 4 is 5.82 Å². The zero-order chi connectivity index (χ0) is 14.5. The molecule has 0 saturated carbocycles. The van der Waals surface area contributed by atoms with E-state index in [9.17, 15) is 4.39 Å². The average Bonchev–Trinajstić information content (AvgIpc) is 2.47. The van der Waals surface area contributed by atoms with E-state index in [4.69, 9.17) is 10.00 Å². The van der Waals surface area contributed by atoms with Gasteiger partial charge in [-0.1, -0.05) is 6.92 Å². The van der Waals surface area contributed by atoms with Crippen LogP contribution in [0.3, 0.4) is 0 Å². The first kappa shape index (κ1) is 13.7. The van der Waals surface area contributed by atoms with Crippen LogP contribution in [0.25, 0.3) is 0 Å². The number of hydrogen-bond donors (Lipinski definition) is 1. The highest BCUT2D eigenvalue weighted by Crippen LogP contribution is 2.28. The summed E-state index contributed by atoms with van der Waals surface area (Å²) in [4.78, 5) is 8.16. The third-order valence-electron chi connectivity index (χ3n) is 2.77. The molecule has 0 fully saturated rings. The van der Waals surface area contributed by atoms with Crippen LogP contribution in [0, 0.1) is 17.1 Å². The molecule has 1 N–H and O–H groups in total. The van der Waals surface area contributed by atoms with Gasteiger partial charge in [0.2, 0.25) is 5.88 Å². The molecule has 0 aliphatic heterocycles. The van der Waals surface area contributed by atoms with E-state index in [0.29, 0.717) is 18.1 Å². The number of nitrogens with zero attached hydrogens (tertiary/aromatic N) is 3. The maximum absolute atomic E-state index is 13.5. The molecule has 0 spiro atoms. The minimum Gasteiger partial charge on any atom is -0.438 e. The monoisotopic (exact) mass is 272 g/mol. The lowest BCUT2D eigenvalue weighted by molar-refractivity contribution is 0.451. The average molecular weight is 272 g/mol. The third kappa shape index (κ3) is 2.67. The largest absolute Gasteiger partial charge is 0.438 e. The fraction of sp³-hybridized carbons (Fsp3) is 0.214. The van der Waals surface area contributed by atoms with Crippen molar-refractivity contribution in [2.45, 2.75) is 13.3 Å². The second-order valence-electron chi connectivity index (χ2n) is 3.97. The van der Waals surface area contributed by atoms with Crippen molar-refractivity contribution in [3.8, 4) is 17.7 Å². The van der Waals surface area contributed by atoms with E-state index in [-0.39, 0.29) is 11.3 Å². The van der Waals surface area contributed by atoms with E-state index >= 15 is 0 Å². The molecule has 2 rings (SSSR count). The number of rotatable bonds is 4. The molecule has 0 saturated heterocycles. The van der Waals surface area contributed by atoms with Crippen molar-refractivity contribution < 1.29 is 9.13 Å². The lowest BCUT2D eigenvalue weighted by atomic mass is 10.2. The van der Waals surface area contributed by atoms with Crippen LogP contribution in [-0.4, -0.2) is 17.0 Å². The van der Waals surface area contributed by atoms with Gasteiger partial charge in [0, 0.05) is 13.1 Å². The molecule has 0 atom stereocenters. The van der Waals surface area contributed by atoms with Gasteiger partial charge in [0.1, 0.15) is 29.8 Å². The molecule has 1 heterocycles. The highest BCUT2D eigenvalue weighted by molar-refractivity contribution is 5.49. The van der Waals surface area contributed by atoms with Crippen LogP contribution in [0.4, 0.5) is 10.2 Å². The van der Waals surface area contributed by atoms with Gasteiger partial charge in [-0.05, 0) is 18.6 Å². The maximum atomic E-state index is 13.5. The molecule has 20 heavy (non-hydrogen) atoms. The summed E-state index contributed by atoms with van der Waals surface area (Å²) in [6.07, 6.45) is 2.05. The van der Waals surface area contributed by atoms with Crippen molar-refractivity contribution in [3.63, 3.8) is 0 Å². The van der Waals surface area contributed by atoms with E-state index in [1.165, 1.54) is 24.5 Å². The molecule has 1 aromatic carbocycles. The predicted molar refractivity (Wildman–Crippen MR) is 72.1 cm³/mol. The quantitative estimate of drug-likeness (QED) is 0.926. The van der Waals surface area contributed by atoms with Gasteiger partial charge in [0.25, 0.3) is 0 Å². The van der Waals surface area contributed by atoms with Crippen LogP contribution in [0.1, 0.15) is 18.1 Å². The molecule has 0 aliphatic rings. The molecule has 0 aliphatic carbocycles. The lowest BCUT2D eigenvalue weighted by Gasteiger charge is -2.11. The zero-order valence-corrected chi connectivity index (χ0v) is 11.1. The summed E-state index contributed by atoms with van der Waals surface area (Å²) >= 11 is 0. The fourth-order valence-corrected chi connectivity index (χ4v) is 1.78. The van der Waals surface area contributed by atoms with Gasteiger partial charge in [-0.2, -0.15) is 5.26 Å². The van der Waals surface area contributed by atoms with Crippen LogP contribution in [0.2, 0.25) is 0 Å². The summed E-state index contributed by atoms with van der Waals surface area (Å²) in [5, 5.41) is 11.6. The second-order valence-corrected chi connectivity index (χ2v) is 3.97. The van der Waals surface area contributed by atoms with E-state index in [2.05, 4.69) is 15.3 Å². The van der Waals surface area contributed by atoms with Crippen molar-refractivity contribution in [3.05, 3.63) is 41.5 Å². The van der Waals surface area contributed by atoms with Crippen molar-refractivity contribution in [1.29, 1.82) is 5.26 Å². The van der Waals surface area contributed by atoms with E-state index in [1.807, 2.05) is 6.92 Å². The number of halogens is 1. The highest BCUT2D eigenvalue weighted by atomic mass is 19.1. The first-order chi connectivity index (χ1) is 9.69. The van der Waals surface area contributed by atoms with Gasteiger partial charge >= 0.3 is 0 Å². The normalized spacial score (nSPS) is 9.90. The van der Waals surface area contributed by atoms with Gasteiger partial charge in [-0.25, -0.2) is 14.4 Å². The number of benzene rings is 1. The number of ether oxygens (including phenoxy) is 1. The molecule has 2 aromatic rings. The molecule has 0 amide bonds. The zero-order valence-electron chi connectivity index (χ0n) is 11.1. The Morgan fingerprint density at radius 1 is 1.40 bits per heavy atom. The van der Waals surface area contributed by atoms with Crippen LogP contribution < -0.4 is 10.1 Å². The predicted octanol–water partition coefficient (Wildman–Crippen LogP) is 2.88. The SMILES string of the molecule is CCc1c(NC)ncnc1Oc1ccc(C#N)c(F)c1. The minimum absolute atomic E-state index is 0.0216. The van der Waals surface area contributed by atoms with Crippen molar-refractivity contribution in [1.82, 2.24) is 9.97 Å².